The highest BCUT2D eigenvalue weighted by molar-refractivity contribution is 7.15. The van der Waals surface area contributed by atoms with E-state index in [0.717, 1.165) is 21.9 Å². The van der Waals surface area contributed by atoms with Crippen LogP contribution in [0.4, 0.5) is 5.95 Å². The number of hydrogen-bond acceptors (Lipinski definition) is 6. The Hall–Kier alpha value is -3.26. The molecule has 1 aromatic carbocycles. The third kappa shape index (κ3) is 3.07. The van der Waals surface area contributed by atoms with Gasteiger partial charge in [0.15, 0.2) is 4.96 Å². The second kappa shape index (κ2) is 6.33. The predicted molar refractivity (Wildman–Crippen MR) is 99.3 cm³/mol. The summed E-state index contributed by atoms with van der Waals surface area (Å²) in [5.41, 5.74) is 5.88. The first-order valence-electron chi connectivity index (χ1n) is 7.59. The number of aryl methyl sites for hydroxylation is 1. The van der Waals surface area contributed by atoms with Gasteiger partial charge in [0, 0.05) is 28.9 Å². The Kier molecular flexibility index (Phi) is 3.87. The minimum atomic E-state index is -0.222. The maximum atomic E-state index is 11.5. The highest BCUT2D eigenvalue weighted by Crippen LogP contribution is 2.25. The number of fused-ring (bicyclic) bond motifs is 1. The normalized spacial score (nSPS) is 11.4. The van der Waals surface area contributed by atoms with E-state index in [1.165, 1.54) is 6.07 Å². The molecule has 0 fully saturated rings. The van der Waals surface area contributed by atoms with Crippen LogP contribution in [-0.4, -0.2) is 25.6 Å². The van der Waals surface area contributed by atoms with Crippen LogP contribution in [0.1, 0.15) is 11.4 Å². The number of thiazole rings is 1. The molecule has 8 heteroatoms. The lowest BCUT2D eigenvalue weighted by atomic mass is 10.1. The summed E-state index contributed by atoms with van der Waals surface area (Å²) in [7, 11) is 0. The Morgan fingerprint density at radius 2 is 2.12 bits per heavy atom. The van der Waals surface area contributed by atoms with Crippen molar-refractivity contribution in [1.82, 2.24) is 19.4 Å². The van der Waals surface area contributed by atoms with Crippen molar-refractivity contribution in [2.24, 2.45) is 5.10 Å². The molecule has 0 atom stereocenters. The van der Waals surface area contributed by atoms with Gasteiger partial charge in [-0.3, -0.25) is 14.2 Å². The Morgan fingerprint density at radius 3 is 2.92 bits per heavy atom. The first-order valence-corrected chi connectivity index (χ1v) is 8.47. The van der Waals surface area contributed by atoms with E-state index >= 15 is 0 Å². The molecule has 3 aromatic heterocycles. The van der Waals surface area contributed by atoms with E-state index in [0.29, 0.717) is 11.6 Å². The molecule has 0 amide bonds. The summed E-state index contributed by atoms with van der Waals surface area (Å²) in [6.07, 6.45) is 3.63. The summed E-state index contributed by atoms with van der Waals surface area (Å²) < 4.78 is 1.98. The van der Waals surface area contributed by atoms with E-state index in [1.54, 1.807) is 24.5 Å². The van der Waals surface area contributed by atoms with Crippen LogP contribution in [0.2, 0.25) is 0 Å². The minimum Gasteiger partial charge on any atom is -0.291 e. The number of rotatable bonds is 4. The molecule has 0 unspecified atom stereocenters. The van der Waals surface area contributed by atoms with Crippen molar-refractivity contribution < 1.29 is 0 Å². The van der Waals surface area contributed by atoms with Crippen LogP contribution < -0.4 is 11.0 Å². The van der Waals surface area contributed by atoms with Gasteiger partial charge in [0.25, 0.3) is 5.56 Å². The van der Waals surface area contributed by atoms with Gasteiger partial charge >= 0.3 is 0 Å². The number of aromatic amines is 1. The van der Waals surface area contributed by atoms with Crippen LogP contribution in [0.25, 0.3) is 16.2 Å². The van der Waals surface area contributed by atoms with Crippen LogP contribution in [0.15, 0.2) is 57.9 Å². The van der Waals surface area contributed by atoms with Gasteiger partial charge in [-0.15, -0.1) is 11.3 Å². The number of H-pyrrole nitrogens is 1. The monoisotopic (exact) mass is 350 g/mol. The van der Waals surface area contributed by atoms with Crippen molar-refractivity contribution in [3.63, 3.8) is 0 Å². The fraction of sp³-hybridized carbons (Fsp3) is 0.0588. The molecule has 7 nitrogen and oxygen atoms in total. The fourth-order valence-corrected chi connectivity index (χ4v) is 3.24. The molecular formula is C17H14N6OS. The molecule has 0 saturated carbocycles. The van der Waals surface area contributed by atoms with Crippen LogP contribution >= 0.6 is 11.3 Å². The van der Waals surface area contributed by atoms with Crippen molar-refractivity contribution in [1.29, 1.82) is 0 Å². The van der Waals surface area contributed by atoms with Crippen LogP contribution in [0.5, 0.6) is 0 Å². The van der Waals surface area contributed by atoms with Crippen LogP contribution in [-0.2, 0) is 0 Å². The highest BCUT2D eigenvalue weighted by Gasteiger charge is 2.13. The second-order valence-corrected chi connectivity index (χ2v) is 6.25. The van der Waals surface area contributed by atoms with Crippen molar-refractivity contribution in [2.75, 3.05) is 5.43 Å². The van der Waals surface area contributed by atoms with Gasteiger partial charge in [-0.1, -0.05) is 30.3 Å². The molecular weight excluding hydrogens is 336 g/mol. The van der Waals surface area contributed by atoms with Crippen LogP contribution in [0.3, 0.4) is 0 Å². The number of hydrogen-bond donors (Lipinski definition) is 2. The summed E-state index contributed by atoms with van der Waals surface area (Å²) in [5, 5.41) is 6.19. The average molecular weight is 350 g/mol. The topological polar surface area (TPSA) is 87.4 Å². The zero-order valence-corrected chi connectivity index (χ0v) is 14.1. The van der Waals surface area contributed by atoms with E-state index in [2.05, 4.69) is 25.5 Å². The van der Waals surface area contributed by atoms with E-state index in [-0.39, 0.29) is 5.56 Å². The third-order valence-corrected chi connectivity index (χ3v) is 4.33. The van der Waals surface area contributed by atoms with Gasteiger partial charge in [-0.05, 0) is 6.92 Å². The number of nitrogens with zero attached hydrogens (tertiary/aromatic N) is 4. The van der Waals surface area contributed by atoms with E-state index in [4.69, 9.17) is 0 Å². The Labute approximate surface area is 146 Å². The first-order chi connectivity index (χ1) is 12.2. The molecule has 0 bridgehead atoms. The fourth-order valence-electron chi connectivity index (χ4n) is 2.52. The number of imidazole rings is 1. The third-order valence-electron chi connectivity index (χ3n) is 3.57. The van der Waals surface area contributed by atoms with E-state index < -0.39 is 0 Å². The Morgan fingerprint density at radius 1 is 1.28 bits per heavy atom. The van der Waals surface area contributed by atoms with Crippen LogP contribution in [0, 0.1) is 6.92 Å². The molecule has 0 radical (unpaired) electrons. The highest BCUT2D eigenvalue weighted by atomic mass is 32.1. The molecule has 4 rings (SSSR count). The number of anilines is 1. The van der Waals surface area contributed by atoms with E-state index in [9.17, 15) is 4.79 Å². The zero-order chi connectivity index (χ0) is 17.2. The number of benzene rings is 1. The smallest absolute Gasteiger partial charge is 0.252 e. The summed E-state index contributed by atoms with van der Waals surface area (Å²) in [6.45, 7) is 1.75. The van der Waals surface area contributed by atoms with Gasteiger partial charge in [0.1, 0.15) is 0 Å². The number of hydrazone groups is 1. The molecule has 0 aliphatic heterocycles. The molecule has 2 N–H and O–H groups in total. The SMILES string of the molecule is Cc1cc(=O)[nH]c(N/N=C\c2c(-c3ccccc3)nc3sccn23)n1. The molecule has 3 heterocycles. The predicted octanol–water partition coefficient (Wildman–Crippen LogP) is 2.90. The van der Waals surface area contributed by atoms with Gasteiger partial charge in [-0.25, -0.2) is 15.4 Å². The largest absolute Gasteiger partial charge is 0.291 e. The quantitative estimate of drug-likeness (QED) is 0.438. The molecule has 0 spiro atoms. The maximum Gasteiger partial charge on any atom is 0.252 e. The lowest BCUT2D eigenvalue weighted by Crippen LogP contribution is -2.10. The van der Waals surface area contributed by atoms with Crippen molar-refractivity contribution >= 4 is 28.5 Å². The molecule has 124 valence electrons. The first kappa shape index (κ1) is 15.3. The molecule has 0 saturated heterocycles. The lowest BCUT2D eigenvalue weighted by Gasteiger charge is -2.01. The van der Waals surface area contributed by atoms with E-state index in [1.807, 2.05) is 46.3 Å². The summed E-state index contributed by atoms with van der Waals surface area (Å²) in [4.78, 5) is 23.8. The second-order valence-electron chi connectivity index (χ2n) is 5.37. The Bertz CT molecular complexity index is 1110. The van der Waals surface area contributed by atoms with Gasteiger partial charge in [0.05, 0.1) is 17.6 Å². The van der Waals surface area contributed by atoms with Crippen molar-refractivity contribution in [3.8, 4) is 11.3 Å². The minimum absolute atomic E-state index is 0.222. The molecule has 25 heavy (non-hydrogen) atoms. The summed E-state index contributed by atoms with van der Waals surface area (Å²) in [5.74, 6) is 0.300. The van der Waals surface area contributed by atoms with Crippen molar-refractivity contribution in [2.45, 2.75) is 6.92 Å². The number of nitrogens with one attached hydrogen (secondary N) is 2. The lowest BCUT2D eigenvalue weighted by molar-refractivity contribution is 1.04. The van der Waals surface area contributed by atoms with Gasteiger partial charge in [0.2, 0.25) is 5.95 Å². The standard InChI is InChI=1S/C17H14N6OS/c1-11-9-14(24)20-16(19-11)22-18-10-13-15(12-5-3-2-4-6-12)21-17-23(13)7-8-25-17/h2-10H,1H3,(H2,19,20,22,24)/b18-10-. The summed E-state index contributed by atoms with van der Waals surface area (Å²) >= 11 is 1.56. The molecule has 0 aliphatic rings. The Balaban J connectivity index is 1.70. The van der Waals surface area contributed by atoms with Gasteiger partial charge in [-0.2, -0.15) is 5.10 Å². The number of aromatic nitrogens is 4. The maximum absolute atomic E-state index is 11.5. The zero-order valence-electron chi connectivity index (χ0n) is 13.3. The van der Waals surface area contributed by atoms with Gasteiger partial charge < -0.3 is 0 Å². The molecule has 4 aromatic rings. The molecule has 0 aliphatic carbocycles. The summed E-state index contributed by atoms with van der Waals surface area (Å²) in [6, 6.07) is 11.4. The average Bonchev–Trinajstić information content (AvgIpc) is 3.17. The van der Waals surface area contributed by atoms with Crippen molar-refractivity contribution in [3.05, 3.63) is 69.7 Å².